The fourth-order valence-corrected chi connectivity index (χ4v) is 2.05. The summed E-state index contributed by atoms with van der Waals surface area (Å²) in [6.07, 6.45) is 0.195. The number of nitrogens with two attached hydrogens (primary N) is 1. The fourth-order valence-electron chi connectivity index (χ4n) is 1.27. The molecule has 1 aromatic rings. The van der Waals surface area contributed by atoms with Crippen LogP contribution in [0.4, 0.5) is 5.00 Å². The van der Waals surface area contributed by atoms with E-state index in [9.17, 15) is 9.59 Å². The predicted molar refractivity (Wildman–Crippen MR) is 65.0 cm³/mol. The van der Waals surface area contributed by atoms with Crippen LogP contribution in [0.1, 0.15) is 30.8 Å². The second-order valence-corrected chi connectivity index (χ2v) is 4.32. The monoisotopic (exact) mass is 257 g/mol. The molecule has 0 aromatic carbocycles. The molecule has 1 atom stereocenters. The number of hydrogen-bond acceptors (Lipinski definition) is 6. The number of rotatable bonds is 6. The van der Waals surface area contributed by atoms with E-state index in [0.29, 0.717) is 11.6 Å². The van der Waals surface area contributed by atoms with Crippen molar-refractivity contribution in [2.75, 3.05) is 11.9 Å². The molecule has 0 saturated heterocycles. The van der Waals surface area contributed by atoms with Crippen molar-refractivity contribution >= 4 is 28.2 Å². The Morgan fingerprint density at radius 1 is 1.65 bits per heavy atom. The molecule has 7 heteroatoms. The van der Waals surface area contributed by atoms with Gasteiger partial charge in [-0.05, 0) is 13.8 Å². The van der Waals surface area contributed by atoms with E-state index in [4.69, 9.17) is 10.5 Å². The maximum atomic E-state index is 11.5. The molecule has 0 aliphatic heterocycles. The van der Waals surface area contributed by atoms with Crippen LogP contribution in [0, 0.1) is 0 Å². The van der Waals surface area contributed by atoms with E-state index in [1.807, 2.05) is 0 Å². The van der Waals surface area contributed by atoms with Gasteiger partial charge in [0.25, 0.3) is 0 Å². The Morgan fingerprint density at radius 2 is 2.35 bits per heavy atom. The van der Waals surface area contributed by atoms with Gasteiger partial charge in [-0.1, -0.05) is 0 Å². The Hall–Kier alpha value is -1.63. The van der Waals surface area contributed by atoms with E-state index in [2.05, 4.69) is 10.3 Å². The topological polar surface area (TPSA) is 94.3 Å². The highest BCUT2D eigenvalue weighted by Crippen LogP contribution is 2.22. The van der Waals surface area contributed by atoms with Crippen molar-refractivity contribution in [3.8, 4) is 0 Å². The van der Waals surface area contributed by atoms with Crippen molar-refractivity contribution in [2.45, 2.75) is 26.3 Å². The van der Waals surface area contributed by atoms with Crippen LogP contribution < -0.4 is 11.1 Å². The standard InChI is InChI=1S/C10H15N3O3S/c1-3-16-10(15)8-9(17-5-12-8)13-6(2)4-7(11)14/h5-6,13H,3-4H2,1-2H3,(H2,11,14). The molecule has 17 heavy (non-hydrogen) atoms. The van der Waals surface area contributed by atoms with Gasteiger partial charge in [-0.2, -0.15) is 0 Å². The summed E-state index contributed by atoms with van der Waals surface area (Å²) in [7, 11) is 0. The number of hydrogen-bond donors (Lipinski definition) is 2. The molecular weight excluding hydrogens is 242 g/mol. The Kier molecular flexibility index (Phi) is 4.89. The van der Waals surface area contributed by atoms with Gasteiger partial charge in [0, 0.05) is 12.5 Å². The quantitative estimate of drug-likeness (QED) is 0.741. The van der Waals surface area contributed by atoms with Gasteiger partial charge in [-0.3, -0.25) is 4.79 Å². The molecule has 0 spiro atoms. The number of esters is 1. The number of nitrogens with zero attached hydrogens (tertiary/aromatic N) is 1. The van der Waals surface area contributed by atoms with Crippen molar-refractivity contribution in [1.29, 1.82) is 0 Å². The zero-order chi connectivity index (χ0) is 12.8. The molecule has 1 aromatic heterocycles. The molecule has 0 aliphatic carbocycles. The Balaban J connectivity index is 2.68. The number of nitrogens with one attached hydrogen (secondary N) is 1. The Bertz CT molecular complexity index is 405. The highest BCUT2D eigenvalue weighted by molar-refractivity contribution is 7.14. The zero-order valence-electron chi connectivity index (χ0n) is 9.73. The number of ether oxygens (including phenoxy) is 1. The SMILES string of the molecule is CCOC(=O)c1ncsc1NC(C)CC(N)=O. The van der Waals surface area contributed by atoms with Gasteiger partial charge < -0.3 is 15.8 Å². The second kappa shape index (κ2) is 6.19. The lowest BCUT2D eigenvalue weighted by atomic mass is 10.2. The Morgan fingerprint density at radius 3 is 2.94 bits per heavy atom. The van der Waals surface area contributed by atoms with Crippen molar-refractivity contribution < 1.29 is 14.3 Å². The van der Waals surface area contributed by atoms with Crippen molar-refractivity contribution in [2.24, 2.45) is 5.73 Å². The molecule has 0 fully saturated rings. The summed E-state index contributed by atoms with van der Waals surface area (Å²) in [6.45, 7) is 3.83. The first kappa shape index (κ1) is 13.4. The third-order valence-corrected chi connectivity index (χ3v) is 2.68. The smallest absolute Gasteiger partial charge is 0.360 e. The van der Waals surface area contributed by atoms with E-state index >= 15 is 0 Å². The van der Waals surface area contributed by atoms with Crippen molar-refractivity contribution in [1.82, 2.24) is 4.98 Å². The maximum Gasteiger partial charge on any atom is 0.360 e. The van der Waals surface area contributed by atoms with Crippen LogP contribution in [-0.4, -0.2) is 29.5 Å². The lowest BCUT2D eigenvalue weighted by Crippen LogP contribution is -2.24. The van der Waals surface area contributed by atoms with E-state index in [0.717, 1.165) is 0 Å². The molecule has 1 amide bonds. The van der Waals surface area contributed by atoms with Crippen molar-refractivity contribution in [3.05, 3.63) is 11.2 Å². The van der Waals surface area contributed by atoms with E-state index in [1.165, 1.54) is 11.3 Å². The lowest BCUT2D eigenvalue weighted by Gasteiger charge is -2.12. The summed E-state index contributed by atoms with van der Waals surface area (Å²) in [6, 6.07) is -0.152. The van der Waals surface area contributed by atoms with Crippen LogP contribution in [0.15, 0.2) is 5.51 Å². The van der Waals surface area contributed by atoms with Gasteiger partial charge in [0.15, 0.2) is 5.69 Å². The van der Waals surface area contributed by atoms with Crippen LogP contribution in [0.3, 0.4) is 0 Å². The highest BCUT2D eigenvalue weighted by atomic mass is 32.1. The summed E-state index contributed by atoms with van der Waals surface area (Å²) < 4.78 is 4.86. The molecule has 1 heterocycles. The van der Waals surface area contributed by atoms with Gasteiger partial charge in [0.1, 0.15) is 5.00 Å². The van der Waals surface area contributed by atoms with Crippen LogP contribution in [-0.2, 0) is 9.53 Å². The molecule has 0 saturated carbocycles. The minimum Gasteiger partial charge on any atom is -0.461 e. The summed E-state index contributed by atoms with van der Waals surface area (Å²) in [5.74, 6) is -0.866. The van der Waals surface area contributed by atoms with Gasteiger partial charge in [-0.25, -0.2) is 9.78 Å². The number of thiazole rings is 1. The summed E-state index contributed by atoms with van der Waals surface area (Å²) in [5, 5.41) is 3.61. The summed E-state index contributed by atoms with van der Waals surface area (Å²) in [5.41, 5.74) is 6.88. The van der Waals surface area contributed by atoms with Gasteiger partial charge in [0.2, 0.25) is 5.91 Å². The second-order valence-electron chi connectivity index (χ2n) is 3.47. The molecule has 1 unspecified atom stereocenters. The minimum atomic E-state index is -0.470. The first-order valence-electron chi connectivity index (χ1n) is 5.20. The van der Waals surface area contributed by atoms with Crippen LogP contribution in [0.5, 0.6) is 0 Å². The molecule has 1 rings (SSSR count). The molecule has 0 aliphatic rings. The first-order chi connectivity index (χ1) is 8.04. The highest BCUT2D eigenvalue weighted by Gasteiger charge is 2.17. The number of carbonyl (C=O) groups is 2. The average molecular weight is 257 g/mol. The van der Waals surface area contributed by atoms with Crippen LogP contribution in [0.2, 0.25) is 0 Å². The molecule has 94 valence electrons. The summed E-state index contributed by atoms with van der Waals surface area (Å²) >= 11 is 1.28. The molecular formula is C10H15N3O3S. The third kappa shape index (κ3) is 4.03. The Labute approximate surface area is 103 Å². The molecule has 0 radical (unpaired) electrons. The van der Waals surface area contributed by atoms with Crippen LogP contribution >= 0.6 is 11.3 Å². The minimum absolute atomic E-state index is 0.152. The maximum absolute atomic E-state index is 11.5. The largest absolute Gasteiger partial charge is 0.461 e. The predicted octanol–water partition coefficient (Wildman–Crippen LogP) is 0.996. The van der Waals surface area contributed by atoms with E-state index < -0.39 is 11.9 Å². The van der Waals surface area contributed by atoms with Crippen molar-refractivity contribution in [3.63, 3.8) is 0 Å². The lowest BCUT2D eigenvalue weighted by molar-refractivity contribution is -0.118. The number of anilines is 1. The third-order valence-electron chi connectivity index (χ3n) is 1.92. The zero-order valence-corrected chi connectivity index (χ0v) is 10.5. The van der Waals surface area contributed by atoms with E-state index in [1.54, 1.807) is 19.4 Å². The number of amides is 1. The van der Waals surface area contributed by atoms with E-state index in [-0.39, 0.29) is 18.2 Å². The number of aromatic nitrogens is 1. The van der Waals surface area contributed by atoms with Gasteiger partial charge >= 0.3 is 5.97 Å². The fraction of sp³-hybridized carbons (Fsp3) is 0.500. The number of carbonyl (C=O) groups excluding carboxylic acids is 2. The van der Waals surface area contributed by atoms with Gasteiger partial charge in [-0.15, -0.1) is 11.3 Å². The molecule has 6 nitrogen and oxygen atoms in total. The summed E-state index contributed by atoms with van der Waals surface area (Å²) in [4.78, 5) is 26.2. The molecule has 0 bridgehead atoms. The first-order valence-corrected chi connectivity index (χ1v) is 6.08. The average Bonchev–Trinajstić information content (AvgIpc) is 2.64. The van der Waals surface area contributed by atoms with Crippen LogP contribution in [0.25, 0.3) is 0 Å². The van der Waals surface area contributed by atoms with Gasteiger partial charge in [0.05, 0.1) is 12.1 Å². The number of primary amides is 1. The normalized spacial score (nSPS) is 11.9. The molecule has 3 N–H and O–H groups in total.